The number of hydrogen-bond acceptors (Lipinski definition) is 2. The molecule has 1 aromatic carbocycles. The molecule has 76 valence electrons. The summed E-state index contributed by atoms with van der Waals surface area (Å²) in [5, 5.41) is 3.96. The first-order valence-corrected chi connectivity index (χ1v) is 5.26. The summed E-state index contributed by atoms with van der Waals surface area (Å²) < 4.78 is 5.77. The molecular weight excluding hydrogens is 198 g/mol. The van der Waals surface area contributed by atoms with Gasteiger partial charge in [-0.3, -0.25) is 0 Å². The van der Waals surface area contributed by atoms with Gasteiger partial charge in [0.25, 0.3) is 0 Å². The highest BCUT2D eigenvalue weighted by Crippen LogP contribution is 2.21. The van der Waals surface area contributed by atoms with Crippen molar-refractivity contribution in [2.75, 3.05) is 13.1 Å². The fourth-order valence-electron chi connectivity index (χ4n) is 1.49. The molecule has 14 heavy (non-hydrogen) atoms. The third-order valence-electron chi connectivity index (χ3n) is 2.59. The van der Waals surface area contributed by atoms with Crippen LogP contribution in [0.1, 0.15) is 6.92 Å². The van der Waals surface area contributed by atoms with Crippen LogP contribution in [0.15, 0.2) is 24.3 Å². The average molecular weight is 212 g/mol. The van der Waals surface area contributed by atoms with Crippen LogP contribution in [0.3, 0.4) is 0 Å². The Bertz CT molecular complexity index is 312. The lowest BCUT2D eigenvalue weighted by atomic mass is 9.98. The van der Waals surface area contributed by atoms with Crippen molar-refractivity contribution < 1.29 is 4.74 Å². The van der Waals surface area contributed by atoms with Gasteiger partial charge in [-0.15, -0.1) is 0 Å². The fraction of sp³-hybridized carbons (Fsp3) is 0.455. The van der Waals surface area contributed by atoms with Crippen molar-refractivity contribution >= 4 is 11.6 Å². The van der Waals surface area contributed by atoms with Gasteiger partial charge < -0.3 is 10.1 Å². The van der Waals surface area contributed by atoms with E-state index in [2.05, 4.69) is 12.2 Å². The first-order valence-electron chi connectivity index (χ1n) is 4.88. The van der Waals surface area contributed by atoms with Crippen molar-refractivity contribution in [2.45, 2.75) is 13.0 Å². The average Bonchev–Trinajstić information content (AvgIpc) is 1.99. The molecular formula is C11H14ClNO. The minimum atomic E-state index is 0.259. The number of rotatable bonds is 3. The van der Waals surface area contributed by atoms with Gasteiger partial charge in [0.1, 0.15) is 11.9 Å². The molecule has 0 aromatic heterocycles. The Kier molecular flexibility index (Phi) is 2.94. The van der Waals surface area contributed by atoms with E-state index < -0.39 is 0 Å². The molecule has 3 heteroatoms. The number of benzene rings is 1. The molecule has 1 atom stereocenters. The van der Waals surface area contributed by atoms with Gasteiger partial charge in [-0.25, -0.2) is 0 Å². The van der Waals surface area contributed by atoms with Crippen LogP contribution < -0.4 is 10.1 Å². The van der Waals surface area contributed by atoms with Crippen LogP contribution in [0.2, 0.25) is 5.02 Å². The zero-order valence-corrected chi connectivity index (χ0v) is 8.92. The Balaban J connectivity index is 1.95. The molecule has 1 saturated heterocycles. The predicted octanol–water partition coefficient (Wildman–Crippen LogP) is 2.33. The van der Waals surface area contributed by atoms with Gasteiger partial charge >= 0.3 is 0 Å². The molecule has 1 fully saturated rings. The summed E-state index contributed by atoms with van der Waals surface area (Å²) >= 11 is 5.86. The summed E-state index contributed by atoms with van der Waals surface area (Å²) in [5.41, 5.74) is 0. The van der Waals surface area contributed by atoms with E-state index >= 15 is 0 Å². The Labute approximate surface area is 89.2 Å². The smallest absolute Gasteiger partial charge is 0.121 e. The van der Waals surface area contributed by atoms with Crippen LogP contribution in [-0.2, 0) is 0 Å². The number of ether oxygens (including phenoxy) is 1. The summed E-state index contributed by atoms with van der Waals surface area (Å²) in [6, 6.07) is 7.55. The van der Waals surface area contributed by atoms with E-state index in [1.807, 2.05) is 24.3 Å². The molecule has 1 N–H and O–H groups in total. The van der Waals surface area contributed by atoms with Crippen LogP contribution in [0.4, 0.5) is 0 Å². The van der Waals surface area contributed by atoms with Gasteiger partial charge in [-0.2, -0.15) is 0 Å². The first kappa shape index (κ1) is 9.81. The van der Waals surface area contributed by atoms with E-state index in [0.717, 1.165) is 23.9 Å². The van der Waals surface area contributed by atoms with Gasteiger partial charge in [0, 0.05) is 24.0 Å². The number of hydrogen-bond donors (Lipinski definition) is 1. The summed E-state index contributed by atoms with van der Waals surface area (Å²) in [7, 11) is 0. The quantitative estimate of drug-likeness (QED) is 0.829. The highest BCUT2D eigenvalue weighted by molar-refractivity contribution is 6.30. The topological polar surface area (TPSA) is 21.3 Å². The molecule has 1 aromatic rings. The molecule has 0 radical (unpaired) electrons. The van der Waals surface area contributed by atoms with Gasteiger partial charge in [0.15, 0.2) is 0 Å². The molecule has 0 spiro atoms. The van der Waals surface area contributed by atoms with Gasteiger partial charge in [-0.05, 0) is 25.1 Å². The molecule has 1 aliphatic heterocycles. The Morgan fingerprint density at radius 1 is 1.50 bits per heavy atom. The summed E-state index contributed by atoms with van der Waals surface area (Å²) in [4.78, 5) is 0. The van der Waals surface area contributed by atoms with Crippen LogP contribution >= 0.6 is 11.6 Å². The monoisotopic (exact) mass is 211 g/mol. The minimum Gasteiger partial charge on any atom is -0.490 e. The first-order chi connectivity index (χ1) is 6.75. The standard InChI is InChI=1S/C11H14ClNO/c1-8(9-6-13-7-9)14-11-4-2-3-10(12)5-11/h2-5,8-9,13H,6-7H2,1H3. The second kappa shape index (κ2) is 4.20. The zero-order valence-electron chi connectivity index (χ0n) is 8.16. The van der Waals surface area contributed by atoms with Crippen molar-refractivity contribution in [1.82, 2.24) is 5.32 Å². The van der Waals surface area contributed by atoms with E-state index in [1.165, 1.54) is 0 Å². The van der Waals surface area contributed by atoms with E-state index in [1.54, 1.807) is 0 Å². The molecule has 1 aliphatic rings. The van der Waals surface area contributed by atoms with Crippen LogP contribution in [0, 0.1) is 5.92 Å². The van der Waals surface area contributed by atoms with E-state index in [9.17, 15) is 0 Å². The second-order valence-corrected chi connectivity index (χ2v) is 4.14. The molecule has 2 nitrogen and oxygen atoms in total. The third-order valence-corrected chi connectivity index (χ3v) is 2.83. The van der Waals surface area contributed by atoms with E-state index in [-0.39, 0.29) is 6.10 Å². The minimum absolute atomic E-state index is 0.259. The lowest BCUT2D eigenvalue weighted by molar-refractivity contribution is 0.115. The maximum absolute atomic E-state index is 5.86. The molecule has 0 saturated carbocycles. The fourth-order valence-corrected chi connectivity index (χ4v) is 1.67. The zero-order chi connectivity index (χ0) is 9.97. The van der Waals surface area contributed by atoms with Crippen LogP contribution in [0.25, 0.3) is 0 Å². The van der Waals surface area contributed by atoms with Crippen molar-refractivity contribution in [3.8, 4) is 5.75 Å². The predicted molar refractivity (Wildman–Crippen MR) is 57.9 cm³/mol. The van der Waals surface area contributed by atoms with Crippen LogP contribution in [-0.4, -0.2) is 19.2 Å². The highest BCUT2D eigenvalue weighted by atomic mass is 35.5. The maximum atomic E-state index is 5.86. The molecule has 2 rings (SSSR count). The van der Waals surface area contributed by atoms with E-state index in [4.69, 9.17) is 16.3 Å². The third kappa shape index (κ3) is 2.20. The molecule has 0 aliphatic carbocycles. The lowest BCUT2D eigenvalue weighted by Crippen LogP contribution is -2.49. The number of nitrogens with one attached hydrogen (secondary N) is 1. The van der Waals surface area contributed by atoms with Gasteiger partial charge in [0.05, 0.1) is 0 Å². The van der Waals surface area contributed by atoms with E-state index in [0.29, 0.717) is 5.92 Å². The summed E-state index contributed by atoms with van der Waals surface area (Å²) in [5.74, 6) is 1.49. The summed E-state index contributed by atoms with van der Waals surface area (Å²) in [6.45, 7) is 4.22. The Hall–Kier alpha value is -0.730. The number of halogens is 1. The Morgan fingerprint density at radius 2 is 2.29 bits per heavy atom. The Morgan fingerprint density at radius 3 is 2.86 bits per heavy atom. The maximum Gasteiger partial charge on any atom is 0.121 e. The normalized spacial score (nSPS) is 18.7. The second-order valence-electron chi connectivity index (χ2n) is 3.70. The van der Waals surface area contributed by atoms with Crippen LogP contribution in [0.5, 0.6) is 5.75 Å². The largest absolute Gasteiger partial charge is 0.490 e. The molecule has 0 bridgehead atoms. The molecule has 1 unspecified atom stereocenters. The van der Waals surface area contributed by atoms with Crippen molar-refractivity contribution in [2.24, 2.45) is 5.92 Å². The highest BCUT2D eigenvalue weighted by Gasteiger charge is 2.24. The van der Waals surface area contributed by atoms with Crippen molar-refractivity contribution in [3.63, 3.8) is 0 Å². The van der Waals surface area contributed by atoms with Gasteiger partial charge in [0.2, 0.25) is 0 Å². The molecule has 0 amide bonds. The van der Waals surface area contributed by atoms with Crippen molar-refractivity contribution in [1.29, 1.82) is 0 Å². The van der Waals surface area contributed by atoms with Crippen molar-refractivity contribution in [3.05, 3.63) is 29.3 Å². The summed E-state index contributed by atoms with van der Waals surface area (Å²) in [6.07, 6.45) is 0.259. The van der Waals surface area contributed by atoms with Gasteiger partial charge in [-0.1, -0.05) is 17.7 Å². The molecule has 1 heterocycles. The lowest BCUT2D eigenvalue weighted by Gasteiger charge is -2.32. The SMILES string of the molecule is CC(Oc1cccc(Cl)c1)C1CNC1.